The molecule has 34 heavy (non-hydrogen) atoms. The number of unbranched alkanes of at least 4 members (excludes halogenated alkanes) is 2. The zero-order chi connectivity index (χ0) is 25.1. The number of amides is 2. The minimum absolute atomic E-state index is 0.187. The first-order valence-electron chi connectivity index (χ1n) is 12.5. The Morgan fingerprint density at radius 2 is 2.06 bits per heavy atom. The molecule has 0 aromatic heterocycles. The van der Waals surface area contributed by atoms with E-state index in [-0.39, 0.29) is 25.0 Å². The van der Waals surface area contributed by atoms with Crippen molar-refractivity contribution in [1.82, 2.24) is 9.80 Å². The summed E-state index contributed by atoms with van der Waals surface area (Å²) in [6.07, 6.45) is 7.78. The molecular formula is C26H40N2O6. The molecule has 3 heterocycles. The molecule has 1 spiro atoms. The highest BCUT2D eigenvalue weighted by Gasteiger charge is 2.78. The highest BCUT2D eigenvalue weighted by molar-refractivity contribution is 5.98. The van der Waals surface area contributed by atoms with Crippen LogP contribution in [0.1, 0.15) is 59.3 Å². The smallest absolute Gasteiger partial charge is 0.312 e. The lowest BCUT2D eigenvalue weighted by molar-refractivity contribution is -0.161. The molecule has 2 bridgehead atoms. The highest BCUT2D eigenvalue weighted by atomic mass is 16.6. The Hall–Kier alpha value is -2.19. The van der Waals surface area contributed by atoms with E-state index >= 15 is 0 Å². The predicted octanol–water partition coefficient (Wildman–Crippen LogP) is 2.46. The minimum atomic E-state index is -1.11. The zero-order valence-electron chi connectivity index (χ0n) is 20.8. The molecule has 6 atom stereocenters. The number of nitrogens with zero attached hydrogens (tertiary/aromatic N) is 2. The van der Waals surface area contributed by atoms with Gasteiger partial charge in [0.2, 0.25) is 11.8 Å². The van der Waals surface area contributed by atoms with Gasteiger partial charge in [-0.1, -0.05) is 31.9 Å². The van der Waals surface area contributed by atoms with Crippen LogP contribution in [0, 0.1) is 11.8 Å². The van der Waals surface area contributed by atoms with Gasteiger partial charge in [0.1, 0.15) is 17.6 Å². The molecule has 190 valence electrons. The maximum absolute atomic E-state index is 14.0. The van der Waals surface area contributed by atoms with Crippen molar-refractivity contribution in [2.24, 2.45) is 11.8 Å². The summed E-state index contributed by atoms with van der Waals surface area (Å²) in [5.41, 5.74) is -1.98. The molecular weight excluding hydrogens is 436 g/mol. The van der Waals surface area contributed by atoms with Crippen LogP contribution < -0.4 is 0 Å². The lowest BCUT2D eigenvalue weighted by Gasteiger charge is -2.38. The first kappa shape index (κ1) is 26.4. The van der Waals surface area contributed by atoms with Crippen molar-refractivity contribution in [3.63, 3.8) is 0 Å². The van der Waals surface area contributed by atoms with E-state index in [4.69, 9.17) is 9.47 Å². The van der Waals surface area contributed by atoms with Crippen molar-refractivity contribution < 1.29 is 29.0 Å². The van der Waals surface area contributed by atoms with Gasteiger partial charge in [-0.3, -0.25) is 14.4 Å². The zero-order valence-corrected chi connectivity index (χ0v) is 20.8. The van der Waals surface area contributed by atoms with Crippen LogP contribution in [-0.2, 0) is 23.9 Å². The molecule has 0 aromatic carbocycles. The molecule has 3 aliphatic rings. The molecule has 3 saturated heterocycles. The summed E-state index contributed by atoms with van der Waals surface area (Å²) in [4.78, 5) is 44.2. The number of fused-ring (bicyclic) bond motifs is 1. The molecule has 0 aliphatic carbocycles. The molecule has 0 aromatic rings. The average molecular weight is 477 g/mol. The summed E-state index contributed by atoms with van der Waals surface area (Å²) in [6.45, 7) is 13.9. The van der Waals surface area contributed by atoms with Crippen LogP contribution in [0.5, 0.6) is 0 Å². The van der Waals surface area contributed by atoms with Crippen LogP contribution in [0.2, 0.25) is 0 Å². The summed E-state index contributed by atoms with van der Waals surface area (Å²) in [6, 6.07) is -1.49. The SMILES string of the molecule is C=CCCOC(=O)[C@H]1[C@H]2C(=O)N([C@H](C)CO)C(C(=O)N(CC=C)CCCCC)C23CC[C@]1(C)O3. The quantitative estimate of drug-likeness (QED) is 0.249. The van der Waals surface area contributed by atoms with Crippen molar-refractivity contribution in [2.45, 2.75) is 82.6 Å². The van der Waals surface area contributed by atoms with Gasteiger partial charge in [0, 0.05) is 13.1 Å². The van der Waals surface area contributed by atoms with Crippen molar-refractivity contribution in [2.75, 3.05) is 26.3 Å². The van der Waals surface area contributed by atoms with E-state index < -0.39 is 41.1 Å². The topological polar surface area (TPSA) is 96.4 Å². The fourth-order valence-corrected chi connectivity index (χ4v) is 6.07. The number of carbonyl (C=O) groups is 3. The van der Waals surface area contributed by atoms with Crippen LogP contribution in [0.3, 0.4) is 0 Å². The van der Waals surface area contributed by atoms with Crippen molar-refractivity contribution in [3.8, 4) is 0 Å². The van der Waals surface area contributed by atoms with E-state index in [1.807, 2.05) is 6.92 Å². The molecule has 3 fully saturated rings. The monoisotopic (exact) mass is 476 g/mol. The predicted molar refractivity (Wildman–Crippen MR) is 128 cm³/mol. The molecule has 0 saturated carbocycles. The van der Waals surface area contributed by atoms with Crippen LogP contribution in [0.15, 0.2) is 25.3 Å². The molecule has 1 N–H and O–H groups in total. The number of esters is 1. The van der Waals surface area contributed by atoms with Gasteiger partial charge in [-0.15, -0.1) is 13.2 Å². The van der Waals surface area contributed by atoms with E-state index in [9.17, 15) is 19.5 Å². The highest BCUT2D eigenvalue weighted by Crippen LogP contribution is 2.63. The molecule has 8 nitrogen and oxygen atoms in total. The van der Waals surface area contributed by atoms with Gasteiger partial charge in [0.15, 0.2) is 0 Å². The second-order valence-electron chi connectivity index (χ2n) is 10.0. The number of carbonyl (C=O) groups excluding carboxylic acids is 3. The maximum atomic E-state index is 14.0. The Labute approximate surface area is 202 Å². The summed E-state index contributed by atoms with van der Waals surface area (Å²) in [7, 11) is 0. The fourth-order valence-electron chi connectivity index (χ4n) is 6.07. The lowest BCUT2D eigenvalue weighted by Crippen LogP contribution is -2.58. The third kappa shape index (κ3) is 4.31. The van der Waals surface area contributed by atoms with Gasteiger partial charge in [0.25, 0.3) is 0 Å². The molecule has 0 radical (unpaired) electrons. The Bertz CT molecular complexity index is 815. The molecule has 2 amide bonds. The summed E-state index contributed by atoms with van der Waals surface area (Å²) in [5.74, 6) is -2.61. The standard InChI is InChI=1S/C26H40N2O6/c1-6-9-11-15-27(14-8-3)23(31)21-26-13-12-25(5,34-26)20(24(32)33-16-10-7-2)19(26)22(30)28(21)18(4)17-29/h7-8,18-21,29H,2-3,6,9-17H2,1,4-5H3/t18-,19+,20-,21?,25+,26?/m1/s1. The average Bonchev–Trinajstić information content (AvgIpc) is 3.38. The minimum Gasteiger partial charge on any atom is -0.465 e. The van der Waals surface area contributed by atoms with Crippen LogP contribution in [-0.4, -0.2) is 82.3 Å². The maximum Gasteiger partial charge on any atom is 0.312 e. The Balaban J connectivity index is 2.00. The normalized spacial score (nSPS) is 32.4. The summed E-state index contributed by atoms with van der Waals surface area (Å²) in [5, 5.41) is 9.95. The number of likely N-dealkylation sites (tertiary alicyclic amines) is 1. The Morgan fingerprint density at radius 1 is 1.32 bits per heavy atom. The van der Waals surface area contributed by atoms with E-state index in [0.29, 0.717) is 32.4 Å². The number of ether oxygens (including phenoxy) is 2. The number of rotatable bonds is 13. The lowest BCUT2D eigenvalue weighted by atomic mass is 9.66. The number of aliphatic hydroxyl groups excluding tert-OH is 1. The number of aliphatic hydroxyl groups is 1. The van der Waals surface area contributed by atoms with Gasteiger partial charge < -0.3 is 24.4 Å². The second-order valence-corrected chi connectivity index (χ2v) is 10.0. The first-order valence-corrected chi connectivity index (χ1v) is 12.5. The van der Waals surface area contributed by atoms with Gasteiger partial charge in [-0.25, -0.2) is 0 Å². The number of hydrogen-bond acceptors (Lipinski definition) is 6. The molecule has 3 aliphatic heterocycles. The molecule has 3 rings (SSSR count). The van der Waals surface area contributed by atoms with E-state index in [2.05, 4.69) is 20.1 Å². The summed E-state index contributed by atoms with van der Waals surface area (Å²) >= 11 is 0. The molecule has 2 unspecified atom stereocenters. The summed E-state index contributed by atoms with van der Waals surface area (Å²) < 4.78 is 12.0. The van der Waals surface area contributed by atoms with E-state index in [0.717, 1.165) is 19.3 Å². The third-order valence-electron chi connectivity index (χ3n) is 7.70. The van der Waals surface area contributed by atoms with E-state index in [1.165, 1.54) is 4.90 Å². The van der Waals surface area contributed by atoms with Gasteiger partial charge >= 0.3 is 5.97 Å². The van der Waals surface area contributed by atoms with E-state index in [1.54, 1.807) is 24.0 Å². The van der Waals surface area contributed by atoms with Crippen molar-refractivity contribution in [3.05, 3.63) is 25.3 Å². The van der Waals surface area contributed by atoms with Crippen LogP contribution in [0.4, 0.5) is 0 Å². The van der Waals surface area contributed by atoms with Gasteiger partial charge in [0.05, 0.1) is 30.8 Å². The molecule has 8 heteroatoms. The Kier molecular flexibility index (Phi) is 8.24. The fraction of sp³-hybridized carbons (Fsp3) is 0.731. The number of hydrogen-bond donors (Lipinski definition) is 1. The van der Waals surface area contributed by atoms with Gasteiger partial charge in [-0.2, -0.15) is 0 Å². The Morgan fingerprint density at radius 3 is 2.68 bits per heavy atom. The second kappa shape index (κ2) is 10.6. The van der Waals surface area contributed by atoms with Gasteiger partial charge in [-0.05, 0) is 39.5 Å². The van der Waals surface area contributed by atoms with Crippen molar-refractivity contribution in [1.29, 1.82) is 0 Å². The van der Waals surface area contributed by atoms with Crippen LogP contribution in [0.25, 0.3) is 0 Å². The third-order valence-corrected chi connectivity index (χ3v) is 7.70. The first-order chi connectivity index (χ1) is 16.2. The largest absolute Gasteiger partial charge is 0.465 e. The van der Waals surface area contributed by atoms with Crippen LogP contribution >= 0.6 is 0 Å². The van der Waals surface area contributed by atoms with Crippen molar-refractivity contribution >= 4 is 17.8 Å².